The molecule has 0 saturated carbocycles. The van der Waals surface area contributed by atoms with Crippen LogP contribution in [0.5, 0.6) is 5.75 Å². The van der Waals surface area contributed by atoms with Gasteiger partial charge in [0.2, 0.25) is 11.9 Å². The van der Waals surface area contributed by atoms with Gasteiger partial charge in [-0.3, -0.25) is 10.1 Å². The van der Waals surface area contributed by atoms with Crippen LogP contribution >= 0.6 is 0 Å². The largest absolute Gasteiger partial charge is 0.497 e. The van der Waals surface area contributed by atoms with Crippen LogP contribution in [-0.2, 0) is 12.8 Å². The lowest BCUT2D eigenvalue weighted by Gasteiger charge is -2.23. The molecule has 1 N–H and O–H groups in total. The van der Waals surface area contributed by atoms with Crippen molar-refractivity contribution < 1.29 is 9.53 Å². The molecule has 2 heterocycles. The van der Waals surface area contributed by atoms with Crippen LogP contribution in [0, 0.1) is 6.92 Å². The van der Waals surface area contributed by atoms with E-state index in [9.17, 15) is 4.79 Å². The Labute approximate surface area is 192 Å². The van der Waals surface area contributed by atoms with Crippen molar-refractivity contribution in [3.8, 4) is 5.75 Å². The van der Waals surface area contributed by atoms with E-state index < -0.39 is 0 Å². The average molecular weight is 440 g/mol. The fourth-order valence-electron chi connectivity index (χ4n) is 4.32. The van der Waals surface area contributed by atoms with E-state index in [1.165, 1.54) is 5.56 Å². The Morgan fingerprint density at radius 3 is 2.61 bits per heavy atom. The maximum atomic E-state index is 12.8. The molecule has 166 valence electrons. The average Bonchev–Trinajstić information content (AvgIpc) is 2.83. The highest BCUT2D eigenvalue weighted by Gasteiger charge is 2.28. The molecule has 0 aliphatic heterocycles. The number of ketones is 1. The predicted octanol–water partition coefficient (Wildman–Crippen LogP) is 4.96. The highest BCUT2D eigenvalue weighted by Crippen LogP contribution is 2.33. The first-order chi connectivity index (χ1) is 16.0. The first-order valence-corrected chi connectivity index (χ1v) is 11.1. The van der Waals surface area contributed by atoms with Crippen molar-refractivity contribution in [3.63, 3.8) is 0 Å². The number of aryl methyl sites for hydroxylation is 2. The SMILES string of the molecule is CCc1ccc2nc(Nc3ncc4c(n3)CC(c3ccc(OC)cc3)CC4=O)nc(C)c2c1. The van der Waals surface area contributed by atoms with Crippen molar-refractivity contribution in [1.29, 1.82) is 0 Å². The zero-order valence-electron chi connectivity index (χ0n) is 18.9. The molecule has 0 amide bonds. The highest BCUT2D eigenvalue weighted by molar-refractivity contribution is 5.98. The number of methoxy groups -OCH3 is 1. The molecular formula is C26H25N5O2. The van der Waals surface area contributed by atoms with Gasteiger partial charge in [0.15, 0.2) is 5.78 Å². The van der Waals surface area contributed by atoms with Crippen molar-refractivity contribution in [2.45, 2.75) is 39.0 Å². The number of aromatic nitrogens is 4. The first kappa shape index (κ1) is 21.0. The van der Waals surface area contributed by atoms with E-state index in [1.807, 2.05) is 37.3 Å². The maximum Gasteiger partial charge on any atom is 0.230 e. The molecule has 2 aromatic carbocycles. The lowest BCUT2D eigenvalue weighted by molar-refractivity contribution is 0.0962. The number of anilines is 2. The predicted molar refractivity (Wildman–Crippen MR) is 127 cm³/mol. The Bertz CT molecular complexity index is 1350. The molecule has 0 spiro atoms. The molecule has 2 aromatic heterocycles. The number of carbonyl (C=O) groups is 1. The molecule has 0 fully saturated rings. The summed E-state index contributed by atoms with van der Waals surface area (Å²) in [6, 6.07) is 14.1. The normalized spacial score (nSPS) is 15.4. The fraction of sp³-hybridized carbons (Fsp3) is 0.269. The van der Waals surface area contributed by atoms with E-state index in [4.69, 9.17) is 4.74 Å². The summed E-state index contributed by atoms with van der Waals surface area (Å²) >= 11 is 0. The Morgan fingerprint density at radius 2 is 1.85 bits per heavy atom. The molecule has 7 heteroatoms. The quantitative estimate of drug-likeness (QED) is 0.470. The number of nitrogens with zero attached hydrogens (tertiary/aromatic N) is 4. The smallest absolute Gasteiger partial charge is 0.230 e. The van der Waals surface area contributed by atoms with Gasteiger partial charge in [0, 0.05) is 18.0 Å². The van der Waals surface area contributed by atoms with E-state index in [0.29, 0.717) is 30.3 Å². The topological polar surface area (TPSA) is 89.9 Å². The first-order valence-electron chi connectivity index (χ1n) is 11.1. The molecule has 7 nitrogen and oxygen atoms in total. The third-order valence-corrected chi connectivity index (χ3v) is 6.21. The minimum Gasteiger partial charge on any atom is -0.497 e. The van der Waals surface area contributed by atoms with Gasteiger partial charge >= 0.3 is 0 Å². The molecule has 1 aliphatic rings. The van der Waals surface area contributed by atoms with E-state index in [1.54, 1.807) is 13.3 Å². The second-order valence-electron chi connectivity index (χ2n) is 8.32. The number of rotatable bonds is 5. The van der Waals surface area contributed by atoms with Crippen molar-refractivity contribution in [1.82, 2.24) is 19.9 Å². The number of benzene rings is 2. The van der Waals surface area contributed by atoms with Gasteiger partial charge in [-0.25, -0.2) is 19.9 Å². The summed E-state index contributed by atoms with van der Waals surface area (Å²) < 4.78 is 5.25. The van der Waals surface area contributed by atoms with Gasteiger partial charge in [-0.05, 0) is 61.1 Å². The molecular weight excluding hydrogens is 414 g/mol. The van der Waals surface area contributed by atoms with E-state index in [0.717, 1.165) is 40.0 Å². The molecule has 0 bridgehead atoms. The summed E-state index contributed by atoms with van der Waals surface area (Å²) in [5, 5.41) is 4.17. The molecule has 1 aliphatic carbocycles. The van der Waals surface area contributed by atoms with Crippen molar-refractivity contribution >= 4 is 28.6 Å². The van der Waals surface area contributed by atoms with Crippen LogP contribution in [0.15, 0.2) is 48.7 Å². The summed E-state index contributed by atoms with van der Waals surface area (Å²) in [6.45, 7) is 4.10. The van der Waals surface area contributed by atoms with E-state index >= 15 is 0 Å². The summed E-state index contributed by atoms with van der Waals surface area (Å²) in [5.41, 5.74) is 5.45. The number of Topliss-reactive ketones (excluding diaryl/α,β-unsaturated/α-hetero) is 1. The van der Waals surface area contributed by atoms with Gasteiger partial charge in [0.25, 0.3) is 0 Å². The van der Waals surface area contributed by atoms with E-state index in [-0.39, 0.29) is 11.7 Å². The second-order valence-corrected chi connectivity index (χ2v) is 8.32. The Kier molecular flexibility index (Phi) is 5.46. The molecule has 33 heavy (non-hydrogen) atoms. The highest BCUT2D eigenvalue weighted by atomic mass is 16.5. The fourth-order valence-corrected chi connectivity index (χ4v) is 4.32. The molecule has 5 rings (SSSR count). The van der Waals surface area contributed by atoms with Gasteiger partial charge in [-0.2, -0.15) is 0 Å². The molecule has 4 aromatic rings. The molecule has 0 saturated heterocycles. The van der Waals surface area contributed by atoms with Gasteiger partial charge in [-0.15, -0.1) is 0 Å². The number of ether oxygens (including phenoxy) is 1. The Hall–Kier alpha value is -3.87. The van der Waals surface area contributed by atoms with Crippen LogP contribution in [0.25, 0.3) is 10.9 Å². The molecule has 1 unspecified atom stereocenters. The zero-order valence-corrected chi connectivity index (χ0v) is 18.9. The van der Waals surface area contributed by atoms with Gasteiger partial charge in [-0.1, -0.05) is 25.1 Å². The molecule has 0 radical (unpaired) electrons. The van der Waals surface area contributed by atoms with Gasteiger partial charge in [0.1, 0.15) is 5.75 Å². The second kappa shape index (κ2) is 8.58. The minimum absolute atomic E-state index is 0.0631. The monoisotopic (exact) mass is 439 g/mol. The minimum atomic E-state index is 0.0631. The maximum absolute atomic E-state index is 12.8. The van der Waals surface area contributed by atoms with Crippen LogP contribution in [0.4, 0.5) is 11.9 Å². The zero-order chi connectivity index (χ0) is 22.9. The third kappa shape index (κ3) is 4.14. The number of nitrogens with one attached hydrogen (secondary N) is 1. The summed E-state index contributed by atoms with van der Waals surface area (Å²) in [6.07, 6.45) is 3.69. The number of hydrogen-bond acceptors (Lipinski definition) is 7. The van der Waals surface area contributed by atoms with Crippen molar-refractivity contribution in [2.24, 2.45) is 0 Å². The van der Waals surface area contributed by atoms with Crippen LogP contribution < -0.4 is 10.1 Å². The van der Waals surface area contributed by atoms with Crippen LogP contribution in [0.3, 0.4) is 0 Å². The van der Waals surface area contributed by atoms with E-state index in [2.05, 4.69) is 44.3 Å². The summed E-state index contributed by atoms with van der Waals surface area (Å²) in [5.74, 6) is 1.77. The summed E-state index contributed by atoms with van der Waals surface area (Å²) in [4.78, 5) is 31.0. The van der Waals surface area contributed by atoms with Crippen LogP contribution in [0.2, 0.25) is 0 Å². The van der Waals surface area contributed by atoms with Crippen molar-refractivity contribution in [3.05, 3.63) is 76.7 Å². The Balaban J connectivity index is 1.42. The van der Waals surface area contributed by atoms with Gasteiger partial charge in [0.05, 0.1) is 29.6 Å². The Morgan fingerprint density at radius 1 is 1.03 bits per heavy atom. The molecule has 1 atom stereocenters. The lowest BCUT2D eigenvalue weighted by Crippen LogP contribution is -2.21. The van der Waals surface area contributed by atoms with Crippen LogP contribution in [0.1, 0.15) is 52.1 Å². The van der Waals surface area contributed by atoms with Gasteiger partial charge < -0.3 is 4.74 Å². The van der Waals surface area contributed by atoms with Crippen LogP contribution in [-0.4, -0.2) is 32.8 Å². The van der Waals surface area contributed by atoms with Crippen molar-refractivity contribution in [2.75, 3.05) is 12.4 Å². The number of fused-ring (bicyclic) bond motifs is 2. The number of carbonyl (C=O) groups excluding carboxylic acids is 1. The number of hydrogen-bond donors (Lipinski definition) is 1. The third-order valence-electron chi connectivity index (χ3n) is 6.21. The standard InChI is InChI=1S/C26H25N5O2/c1-4-16-5-10-22-20(11-16)15(2)28-26(29-22)31-25-27-14-21-23(30-25)12-18(13-24(21)32)17-6-8-19(33-3)9-7-17/h5-11,14,18H,4,12-13H2,1-3H3,(H,27,28,29,30,31). The lowest BCUT2D eigenvalue weighted by atomic mass is 9.82. The summed E-state index contributed by atoms with van der Waals surface area (Å²) in [7, 11) is 1.64.